The van der Waals surface area contributed by atoms with Crippen LogP contribution in [0.15, 0.2) is 47.6 Å². The number of methoxy groups -OCH3 is 1. The zero-order valence-electron chi connectivity index (χ0n) is 16.1. The van der Waals surface area contributed by atoms with Gasteiger partial charge in [-0.25, -0.2) is 4.98 Å². The number of thioether (sulfide) groups is 1. The molecule has 0 bridgehead atoms. The molecule has 1 heterocycles. The Morgan fingerprint density at radius 2 is 1.90 bits per heavy atom. The van der Waals surface area contributed by atoms with Crippen LogP contribution in [0, 0.1) is 0 Å². The summed E-state index contributed by atoms with van der Waals surface area (Å²) in [6, 6.07) is 12.4. The van der Waals surface area contributed by atoms with Crippen LogP contribution in [-0.2, 0) is 4.79 Å². The SMILES string of the molecule is COc1ccc(-c2nc(S[C@H](C)C(=O)N[C@@H](C)c3ccc(Cl)cc3Cl)n[nH]2)cc1. The molecule has 0 fully saturated rings. The molecule has 9 heteroatoms. The number of aromatic amines is 1. The summed E-state index contributed by atoms with van der Waals surface area (Å²) >= 11 is 13.4. The third-order valence-electron chi connectivity index (χ3n) is 4.27. The zero-order valence-corrected chi connectivity index (χ0v) is 18.4. The Labute approximate surface area is 183 Å². The maximum atomic E-state index is 12.6. The third-order valence-corrected chi connectivity index (χ3v) is 5.79. The van der Waals surface area contributed by atoms with Crippen molar-refractivity contribution in [2.75, 3.05) is 7.11 Å². The predicted molar refractivity (Wildman–Crippen MR) is 117 cm³/mol. The van der Waals surface area contributed by atoms with Gasteiger partial charge in [-0.3, -0.25) is 9.89 Å². The molecule has 0 saturated heterocycles. The summed E-state index contributed by atoms with van der Waals surface area (Å²) in [5.41, 5.74) is 1.69. The molecule has 6 nitrogen and oxygen atoms in total. The van der Waals surface area contributed by atoms with Gasteiger partial charge in [0.25, 0.3) is 0 Å². The summed E-state index contributed by atoms with van der Waals surface area (Å²) in [6.07, 6.45) is 0. The Hall–Kier alpha value is -2.22. The van der Waals surface area contributed by atoms with Gasteiger partial charge in [0.2, 0.25) is 11.1 Å². The van der Waals surface area contributed by atoms with E-state index in [1.807, 2.05) is 37.3 Å². The minimum Gasteiger partial charge on any atom is -0.497 e. The van der Waals surface area contributed by atoms with E-state index in [9.17, 15) is 4.79 Å². The first-order valence-corrected chi connectivity index (χ1v) is 10.5. The van der Waals surface area contributed by atoms with Crippen molar-refractivity contribution in [3.8, 4) is 17.1 Å². The summed E-state index contributed by atoms with van der Waals surface area (Å²) in [7, 11) is 1.62. The molecule has 1 amide bonds. The van der Waals surface area contributed by atoms with E-state index >= 15 is 0 Å². The fraction of sp³-hybridized carbons (Fsp3) is 0.250. The number of rotatable bonds is 7. The molecule has 2 aromatic carbocycles. The Morgan fingerprint density at radius 1 is 1.17 bits per heavy atom. The van der Waals surface area contributed by atoms with Gasteiger partial charge in [0.05, 0.1) is 18.4 Å². The minimum absolute atomic E-state index is 0.135. The Kier molecular flexibility index (Phi) is 7.05. The first-order chi connectivity index (χ1) is 13.9. The number of amides is 1. The molecular weight excluding hydrogens is 431 g/mol. The average Bonchev–Trinajstić information content (AvgIpc) is 3.16. The van der Waals surface area contributed by atoms with Crippen LogP contribution in [0.2, 0.25) is 10.0 Å². The van der Waals surface area contributed by atoms with Crippen LogP contribution in [0.3, 0.4) is 0 Å². The molecule has 152 valence electrons. The fourth-order valence-electron chi connectivity index (χ4n) is 2.65. The Bertz CT molecular complexity index is 994. The highest BCUT2D eigenvalue weighted by Crippen LogP contribution is 2.28. The molecule has 1 aromatic heterocycles. The number of ether oxygens (including phenoxy) is 1. The van der Waals surface area contributed by atoms with Crippen molar-refractivity contribution in [3.05, 3.63) is 58.1 Å². The van der Waals surface area contributed by atoms with Crippen molar-refractivity contribution in [2.24, 2.45) is 0 Å². The Morgan fingerprint density at radius 3 is 2.55 bits per heavy atom. The average molecular weight is 451 g/mol. The van der Waals surface area contributed by atoms with Gasteiger partial charge in [0.15, 0.2) is 5.82 Å². The lowest BCUT2D eigenvalue weighted by Gasteiger charge is -2.18. The summed E-state index contributed by atoms with van der Waals surface area (Å²) in [5.74, 6) is 1.26. The molecule has 0 aliphatic carbocycles. The molecule has 3 aromatic rings. The molecule has 0 spiro atoms. The van der Waals surface area contributed by atoms with Gasteiger partial charge in [-0.2, -0.15) is 0 Å². The lowest BCUT2D eigenvalue weighted by Crippen LogP contribution is -2.33. The predicted octanol–water partition coefficient (Wildman–Crippen LogP) is 5.15. The first-order valence-electron chi connectivity index (χ1n) is 8.86. The highest BCUT2D eigenvalue weighted by atomic mass is 35.5. The second-order valence-electron chi connectivity index (χ2n) is 6.35. The maximum Gasteiger partial charge on any atom is 0.233 e. The van der Waals surface area contributed by atoms with Crippen LogP contribution in [0.4, 0.5) is 0 Å². The molecule has 0 saturated carbocycles. The van der Waals surface area contributed by atoms with E-state index in [4.69, 9.17) is 27.9 Å². The monoisotopic (exact) mass is 450 g/mol. The standard InChI is InChI=1S/C20H20Cl2N4O2S/c1-11(16-9-6-14(21)10-17(16)22)23-19(27)12(2)29-20-24-18(25-26-20)13-4-7-15(28-3)8-5-13/h4-12H,1-3H3,(H,23,27)(H,24,25,26)/t11-,12+/m0/s1. The molecular formula is C20H20Cl2N4O2S. The van der Waals surface area contributed by atoms with Crippen LogP contribution in [-0.4, -0.2) is 33.4 Å². The lowest BCUT2D eigenvalue weighted by molar-refractivity contribution is -0.120. The van der Waals surface area contributed by atoms with Crippen molar-refractivity contribution < 1.29 is 9.53 Å². The Balaban J connectivity index is 1.61. The first kappa shape index (κ1) is 21.5. The van der Waals surface area contributed by atoms with E-state index in [-0.39, 0.29) is 17.2 Å². The molecule has 0 aliphatic rings. The number of hydrogen-bond donors (Lipinski definition) is 2. The number of benzene rings is 2. The van der Waals surface area contributed by atoms with Crippen molar-refractivity contribution in [1.82, 2.24) is 20.5 Å². The largest absolute Gasteiger partial charge is 0.497 e. The minimum atomic E-state index is -0.386. The summed E-state index contributed by atoms with van der Waals surface area (Å²) in [4.78, 5) is 17.0. The molecule has 2 N–H and O–H groups in total. The van der Waals surface area contributed by atoms with Gasteiger partial charge in [-0.1, -0.05) is 41.0 Å². The number of aromatic nitrogens is 3. The molecule has 2 atom stereocenters. The summed E-state index contributed by atoms with van der Waals surface area (Å²) in [6.45, 7) is 3.68. The number of hydrogen-bond acceptors (Lipinski definition) is 5. The van der Waals surface area contributed by atoms with E-state index in [0.717, 1.165) is 16.9 Å². The van der Waals surface area contributed by atoms with Gasteiger partial charge in [-0.15, -0.1) is 5.10 Å². The van der Waals surface area contributed by atoms with Crippen LogP contribution in [0.25, 0.3) is 11.4 Å². The van der Waals surface area contributed by atoms with Crippen LogP contribution >= 0.6 is 35.0 Å². The number of nitrogens with one attached hydrogen (secondary N) is 2. The molecule has 0 radical (unpaired) electrons. The topological polar surface area (TPSA) is 79.9 Å². The third kappa shape index (κ3) is 5.44. The van der Waals surface area contributed by atoms with E-state index in [2.05, 4.69) is 20.5 Å². The van der Waals surface area contributed by atoms with E-state index < -0.39 is 0 Å². The summed E-state index contributed by atoms with van der Waals surface area (Å²) in [5, 5.41) is 11.2. The van der Waals surface area contributed by atoms with Crippen LogP contribution < -0.4 is 10.1 Å². The van der Waals surface area contributed by atoms with E-state index in [0.29, 0.717) is 21.0 Å². The van der Waals surface area contributed by atoms with Gasteiger partial charge in [0, 0.05) is 15.6 Å². The normalized spacial score (nSPS) is 13.0. The number of halogens is 2. The fourth-order valence-corrected chi connectivity index (χ4v) is 3.96. The van der Waals surface area contributed by atoms with Crippen molar-refractivity contribution in [3.63, 3.8) is 0 Å². The second kappa shape index (κ2) is 9.52. The van der Waals surface area contributed by atoms with E-state index in [1.54, 1.807) is 26.2 Å². The van der Waals surface area contributed by atoms with Gasteiger partial charge in [0.1, 0.15) is 5.75 Å². The highest BCUT2D eigenvalue weighted by Gasteiger charge is 2.20. The molecule has 0 unspecified atom stereocenters. The lowest BCUT2D eigenvalue weighted by atomic mass is 10.1. The smallest absolute Gasteiger partial charge is 0.233 e. The van der Waals surface area contributed by atoms with Crippen LogP contribution in [0.5, 0.6) is 5.75 Å². The maximum absolute atomic E-state index is 12.6. The van der Waals surface area contributed by atoms with Crippen molar-refractivity contribution >= 4 is 40.9 Å². The molecule has 0 aliphatic heterocycles. The highest BCUT2D eigenvalue weighted by molar-refractivity contribution is 8.00. The van der Waals surface area contributed by atoms with Crippen molar-refractivity contribution in [2.45, 2.75) is 30.3 Å². The van der Waals surface area contributed by atoms with Gasteiger partial charge in [-0.05, 0) is 55.8 Å². The second-order valence-corrected chi connectivity index (χ2v) is 8.50. The quantitative estimate of drug-likeness (QED) is 0.486. The summed E-state index contributed by atoms with van der Waals surface area (Å²) < 4.78 is 5.16. The van der Waals surface area contributed by atoms with E-state index in [1.165, 1.54) is 11.8 Å². The number of carbonyl (C=O) groups is 1. The van der Waals surface area contributed by atoms with Gasteiger partial charge < -0.3 is 10.1 Å². The molecule has 29 heavy (non-hydrogen) atoms. The zero-order chi connectivity index (χ0) is 21.0. The number of carbonyl (C=O) groups excluding carboxylic acids is 1. The number of H-pyrrole nitrogens is 1. The van der Waals surface area contributed by atoms with Crippen molar-refractivity contribution in [1.29, 1.82) is 0 Å². The van der Waals surface area contributed by atoms with Gasteiger partial charge >= 0.3 is 0 Å². The van der Waals surface area contributed by atoms with Crippen LogP contribution in [0.1, 0.15) is 25.5 Å². The molecule has 3 rings (SSSR count). The number of nitrogens with zero attached hydrogens (tertiary/aromatic N) is 2.